The van der Waals surface area contributed by atoms with Crippen molar-refractivity contribution in [2.45, 2.75) is 19.4 Å². The molecule has 0 aliphatic carbocycles. The lowest BCUT2D eigenvalue weighted by molar-refractivity contribution is 0.411. The van der Waals surface area contributed by atoms with Gasteiger partial charge in [0.15, 0.2) is 0 Å². The Morgan fingerprint density at radius 2 is 2.10 bits per heavy atom. The molecule has 2 rings (SSSR count). The van der Waals surface area contributed by atoms with Gasteiger partial charge in [0.25, 0.3) is 0 Å². The second-order valence-corrected chi connectivity index (χ2v) is 5.72. The van der Waals surface area contributed by atoms with Crippen molar-refractivity contribution in [3.63, 3.8) is 0 Å². The fraction of sp³-hybridized carbons (Fsp3) is 0.250. The van der Waals surface area contributed by atoms with Gasteiger partial charge in [0.2, 0.25) is 0 Å². The first-order valence-corrected chi connectivity index (χ1v) is 7.39. The second kappa shape index (κ2) is 7.02. The predicted octanol–water partition coefficient (Wildman–Crippen LogP) is 3.65. The number of nitrogens with two attached hydrogens (primary N) is 1. The van der Waals surface area contributed by atoms with E-state index < -0.39 is 0 Å². The zero-order chi connectivity index (χ0) is 15.4. The number of methoxy groups -OCH3 is 1. The summed E-state index contributed by atoms with van der Waals surface area (Å²) in [5.41, 5.74) is 4.92. The summed E-state index contributed by atoms with van der Waals surface area (Å²) in [6, 6.07) is 10.8. The van der Waals surface area contributed by atoms with Crippen molar-refractivity contribution >= 4 is 15.9 Å². The molecule has 2 aromatic rings. The van der Waals surface area contributed by atoms with E-state index in [1.165, 1.54) is 0 Å². The number of hydrogen-bond donors (Lipinski definition) is 2. The number of ether oxygens (including phenoxy) is 1. The second-order valence-electron chi connectivity index (χ2n) is 4.87. The third-order valence-electron chi connectivity index (χ3n) is 3.45. The maximum absolute atomic E-state index is 14.2. The van der Waals surface area contributed by atoms with E-state index in [1.54, 1.807) is 26.2 Å². The number of benzene rings is 2. The molecule has 0 amide bonds. The molecule has 5 heteroatoms. The van der Waals surface area contributed by atoms with Gasteiger partial charge in [-0.15, -0.1) is 0 Å². The zero-order valence-corrected chi connectivity index (χ0v) is 13.6. The molecule has 1 atom stereocenters. The van der Waals surface area contributed by atoms with Crippen LogP contribution < -0.4 is 16.0 Å². The van der Waals surface area contributed by atoms with Gasteiger partial charge in [-0.1, -0.05) is 24.3 Å². The molecule has 0 saturated heterocycles. The molecule has 3 nitrogen and oxygen atoms in total. The molecular weight excluding hydrogens is 335 g/mol. The van der Waals surface area contributed by atoms with E-state index in [2.05, 4.69) is 21.4 Å². The van der Waals surface area contributed by atoms with Crippen molar-refractivity contribution in [2.24, 2.45) is 5.84 Å². The summed E-state index contributed by atoms with van der Waals surface area (Å²) in [7, 11) is 1.62. The van der Waals surface area contributed by atoms with Crippen molar-refractivity contribution in [1.82, 2.24) is 5.43 Å². The Bertz CT molecular complexity index is 634. The lowest BCUT2D eigenvalue weighted by Crippen LogP contribution is -2.30. The van der Waals surface area contributed by atoms with Gasteiger partial charge in [0, 0.05) is 5.56 Å². The Kier molecular flexibility index (Phi) is 5.33. The van der Waals surface area contributed by atoms with Gasteiger partial charge in [-0.25, -0.2) is 4.39 Å². The molecule has 112 valence electrons. The Morgan fingerprint density at radius 3 is 2.71 bits per heavy atom. The van der Waals surface area contributed by atoms with Crippen LogP contribution >= 0.6 is 15.9 Å². The first-order chi connectivity index (χ1) is 10.1. The van der Waals surface area contributed by atoms with Crippen LogP contribution in [0.25, 0.3) is 0 Å². The van der Waals surface area contributed by atoms with E-state index in [0.29, 0.717) is 17.5 Å². The number of nitrogens with one attached hydrogen (secondary N) is 1. The Hall–Kier alpha value is -1.43. The third kappa shape index (κ3) is 3.61. The van der Waals surface area contributed by atoms with Crippen LogP contribution in [0.1, 0.15) is 22.7 Å². The van der Waals surface area contributed by atoms with E-state index in [-0.39, 0.29) is 11.9 Å². The quantitative estimate of drug-likeness (QED) is 0.637. The summed E-state index contributed by atoms with van der Waals surface area (Å²) in [4.78, 5) is 0. The summed E-state index contributed by atoms with van der Waals surface area (Å²) in [6.45, 7) is 1.75. The molecule has 2 aromatic carbocycles. The minimum Gasteiger partial charge on any atom is -0.496 e. The Morgan fingerprint density at radius 1 is 1.33 bits per heavy atom. The Balaban J connectivity index is 2.27. The van der Waals surface area contributed by atoms with E-state index in [4.69, 9.17) is 10.6 Å². The lowest BCUT2D eigenvalue weighted by atomic mass is 9.97. The third-order valence-corrected chi connectivity index (χ3v) is 4.07. The van der Waals surface area contributed by atoms with Gasteiger partial charge in [-0.2, -0.15) is 0 Å². The smallest absolute Gasteiger partial charge is 0.133 e. The highest BCUT2D eigenvalue weighted by Crippen LogP contribution is 2.28. The van der Waals surface area contributed by atoms with Crippen molar-refractivity contribution in [1.29, 1.82) is 0 Å². The highest BCUT2D eigenvalue weighted by Gasteiger charge is 2.16. The van der Waals surface area contributed by atoms with Gasteiger partial charge >= 0.3 is 0 Å². The number of rotatable bonds is 5. The fourth-order valence-corrected chi connectivity index (χ4v) is 2.86. The zero-order valence-electron chi connectivity index (χ0n) is 12.0. The summed E-state index contributed by atoms with van der Waals surface area (Å²) in [6.07, 6.45) is 0.583. The van der Waals surface area contributed by atoms with Gasteiger partial charge in [-0.05, 0) is 52.5 Å². The van der Waals surface area contributed by atoms with Crippen molar-refractivity contribution in [3.8, 4) is 5.75 Å². The number of aryl methyl sites for hydroxylation is 1. The maximum Gasteiger partial charge on any atom is 0.133 e. The van der Waals surface area contributed by atoms with Crippen molar-refractivity contribution in [2.75, 3.05) is 7.11 Å². The summed E-state index contributed by atoms with van der Waals surface area (Å²) < 4.78 is 20.3. The molecule has 0 bridgehead atoms. The van der Waals surface area contributed by atoms with Crippen LogP contribution in [-0.2, 0) is 6.42 Å². The molecule has 21 heavy (non-hydrogen) atoms. The van der Waals surface area contributed by atoms with E-state index >= 15 is 0 Å². The monoisotopic (exact) mass is 352 g/mol. The molecule has 0 saturated carbocycles. The van der Waals surface area contributed by atoms with Crippen LogP contribution in [0.15, 0.2) is 40.9 Å². The van der Waals surface area contributed by atoms with E-state index in [1.807, 2.05) is 24.3 Å². The molecule has 0 heterocycles. The minimum absolute atomic E-state index is 0.215. The largest absolute Gasteiger partial charge is 0.496 e. The van der Waals surface area contributed by atoms with Crippen molar-refractivity contribution in [3.05, 3.63) is 63.4 Å². The highest BCUT2D eigenvalue weighted by atomic mass is 79.9. The van der Waals surface area contributed by atoms with E-state index in [0.717, 1.165) is 15.8 Å². The van der Waals surface area contributed by atoms with Crippen LogP contribution in [0, 0.1) is 12.7 Å². The Labute approximate surface area is 132 Å². The van der Waals surface area contributed by atoms with Crippen LogP contribution in [0.4, 0.5) is 4.39 Å². The molecule has 1 unspecified atom stereocenters. The minimum atomic E-state index is -0.287. The highest BCUT2D eigenvalue weighted by molar-refractivity contribution is 9.10. The molecule has 3 N–H and O–H groups in total. The van der Waals surface area contributed by atoms with Gasteiger partial charge in [-0.3, -0.25) is 11.3 Å². The number of halogens is 2. The van der Waals surface area contributed by atoms with Crippen LogP contribution in [0.3, 0.4) is 0 Å². The maximum atomic E-state index is 14.2. The molecule has 0 aliphatic rings. The topological polar surface area (TPSA) is 47.3 Å². The average Bonchev–Trinajstić information content (AvgIpc) is 2.48. The first-order valence-electron chi connectivity index (χ1n) is 6.60. The van der Waals surface area contributed by atoms with Gasteiger partial charge in [0.1, 0.15) is 11.6 Å². The summed E-state index contributed by atoms with van der Waals surface area (Å²) >= 11 is 3.45. The molecule has 0 aliphatic heterocycles. The van der Waals surface area contributed by atoms with Gasteiger partial charge in [0.05, 0.1) is 17.6 Å². The molecule has 0 radical (unpaired) electrons. The molecule has 0 fully saturated rings. The normalized spacial score (nSPS) is 12.2. The standard InChI is InChI=1S/C16H18BrFN2O/c1-10-4-3-5-12(16(10)18)14(20-19)9-11-6-7-15(21-2)13(17)8-11/h3-8,14,20H,9,19H2,1-2H3. The molecule has 0 spiro atoms. The summed E-state index contributed by atoms with van der Waals surface area (Å²) in [5, 5.41) is 0. The fourth-order valence-electron chi connectivity index (χ4n) is 2.27. The number of hydrazine groups is 1. The molecule has 0 aromatic heterocycles. The average molecular weight is 353 g/mol. The lowest BCUT2D eigenvalue weighted by Gasteiger charge is -2.18. The van der Waals surface area contributed by atoms with Crippen LogP contribution in [-0.4, -0.2) is 7.11 Å². The summed E-state index contributed by atoms with van der Waals surface area (Å²) in [5.74, 6) is 6.16. The molecular formula is C16H18BrFN2O. The van der Waals surface area contributed by atoms with Crippen LogP contribution in [0.2, 0.25) is 0 Å². The van der Waals surface area contributed by atoms with E-state index in [9.17, 15) is 4.39 Å². The predicted molar refractivity (Wildman–Crippen MR) is 85.6 cm³/mol. The van der Waals surface area contributed by atoms with Crippen LogP contribution in [0.5, 0.6) is 5.75 Å². The van der Waals surface area contributed by atoms with Crippen molar-refractivity contribution < 1.29 is 9.13 Å². The SMILES string of the molecule is COc1ccc(CC(NN)c2cccc(C)c2F)cc1Br. The first kappa shape index (κ1) is 15.9. The number of hydrogen-bond acceptors (Lipinski definition) is 3. The van der Waals surface area contributed by atoms with Gasteiger partial charge < -0.3 is 4.74 Å².